The van der Waals surface area contributed by atoms with Gasteiger partial charge in [-0.25, -0.2) is 5.84 Å². The summed E-state index contributed by atoms with van der Waals surface area (Å²) in [6.07, 6.45) is 7.84. The van der Waals surface area contributed by atoms with Crippen LogP contribution < -0.4 is 11.3 Å². The normalized spacial score (nSPS) is 26.3. The van der Waals surface area contributed by atoms with Gasteiger partial charge >= 0.3 is 0 Å². The summed E-state index contributed by atoms with van der Waals surface area (Å²) in [5.41, 5.74) is 2.14. The van der Waals surface area contributed by atoms with E-state index in [1.54, 1.807) is 0 Å². The van der Waals surface area contributed by atoms with Gasteiger partial charge in [0.05, 0.1) is 5.41 Å². The van der Waals surface area contributed by atoms with Crippen molar-refractivity contribution in [2.24, 2.45) is 17.2 Å². The quantitative estimate of drug-likeness (QED) is 0.424. The van der Waals surface area contributed by atoms with E-state index in [4.69, 9.17) is 10.6 Å². The molecule has 92 valence electrons. The molecule has 0 aromatic carbocycles. The number of hydrazine groups is 1. The van der Waals surface area contributed by atoms with Gasteiger partial charge in [-0.1, -0.05) is 19.3 Å². The highest BCUT2D eigenvalue weighted by Gasteiger charge is 2.46. The summed E-state index contributed by atoms with van der Waals surface area (Å²) in [4.78, 5) is 12.1. The number of hydrogen-bond donors (Lipinski definition) is 2. The fourth-order valence-electron chi connectivity index (χ4n) is 3.36. The number of hydrogen-bond acceptors (Lipinski definition) is 3. The van der Waals surface area contributed by atoms with Gasteiger partial charge in [0.1, 0.15) is 0 Å². The lowest BCUT2D eigenvalue weighted by atomic mass is 9.64. The molecule has 16 heavy (non-hydrogen) atoms. The molecule has 3 N–H and O–H groups in total. The highest BCUT2D eigenvalue weighted by molar-refractivity contribution is 5.82. The minimum absolute atomic E-state index is 0.0303. The zero-order valence-electron chi connectivity index (χ0n) is 9.84. The maximum atomic E-state index is 12.1. The van der Waals surface area contributed by atoms with E-state index in [0.29, 0.717) is 19.1 Å². The van der Waals surface area contributed by atoms with E-state index < -0.39 is 0 Å². The predicted molar refractivity (Wildman–Crippen MR) is 61.4 cm³/mol. The van der Waals surface area contributed by atoms with Crippen molar-refractivity contribution in [1.29, 1.82) is 0 Å². The van der Waals surface area contributed by atoms with Crippen molar-refractivity contribution in [3.63, 3.8) is 0 Å². The Hall–Kier alpha value is -0.610. The molecular weight excluding hydrogens is 204 g/mol. The number of amides is 1. The van der Waals surface area contributed by atoms with E-state index in [2.05, 4.69) is 5.43 Å². The fourth-order valence-corrected chi connectivity index (χ4v) is 3.36. The minimum Gasteiger partial charge on any atom is -0.381 e. The van der Waals surface area contributed by atoms with Gasteiger partial charge < -0.3 is 4.74 Å². The molecule has 4 nitrogen and oxygen atoms in total. The monoisotopic (exact) mass is 226 g/mol. The molecule has 0 spiro atoms. The summed E-state index contributed by atoms with van der Waals surface area (Å²) in [6.45, 7) is 1.40. The van der Waals surface area contributed by atoms with E-state index in [1.165, 1.54) is 32.1 Å². The summed E-state index contributed by atoms with van der Waals surface area (Å²) >= 11 is 0. The van der Waals surface area contributed by atoms with Gasteiger partial charge in [-0.2, -0.15) is 0 Å². The summed E-state index contributed by atoms with van der Waals surface area (Å²) in [5.74, 6) is 5.89. The maximum absolute atomic E-state index is 12.1. The molecule has 0 unspecified atom stereocenters. The van der Waals surface area contributed by atoms with Gasteiger partial charge in [0.2, 0.25) is 5.91 Å². The third-order valence-electron chi connectivity index (χ3n) is 4.35. The molecule has 1 aliphatic heterocycles. The van der Waals surface area contributed by atoms with Gasteiger partial charge in [-0.15, -0.1) is 0 Å². The molecule has 1 saturated heterocycles. The SMILES string of the molecule is NNC(=O)C1(C2CCCCC2)CCOCC1. The summed E-state index contributed by atoms with van der Waals surface area (Å²) < 4.78 is 5.39. The van der Waals surface area contributed by atoms with Crippen LogP contribution in [0.1, 0.15) is 44.9 Å². The van der Waals surface area contributed by atoms with Crippen molar-refractivity contribution in [2.45, 2.75) is 44.9 Å². The molecule has 0 radical (unpaired) electrons. The van der Waals surface area contributed by atoms with E-state index in [1.807, 2.05) is 0 Å². The number of ether oxygens (including phenoxy) is 1. The van der Waals surface area contributed by atoms with Crippen LogP contribution in [0.4, 0.5) is 0 Å². The molecule has 0 atom stereocenters. The molecule has 2 fully saturated rings. The first-order chi connectivity index (χ1) is 7.79. The van der Waals surface area contributed by atoms with Gasteiger partial charge in [0.25, 0.3) is 0 Å². The highest BCUT2D eigenvalue weighted by Crippen LogP contribution is 2.45. The Morgan fingerprint density at radius 1 is 1.19 bits per heavy atom. The Labute approximate surface area is 96.9 Å². The zero-order chi connectivity index (χ0) is 11.4. The second-order valence-electron chi connectivity index (χ2n) is 5.08. The van der Waals surface area contributed by atoms with Crippen LogP contribution in [0.25, 0.3) is 0 Å². The van der Waals surface area contributed by atoms with Crippen LogP contribution in [-0.2, 0) is 9.53 Å². The van der Waals surface area contributed by atoms with E-state index >= 15 is 0 Å². The number of rotatable bonds is 2. The van der Waals surface area contributed by atoms with Crippen molar-refractivity contribution >= 4 is 5.91 Å². The third-order valence-corrected chi connectivity index (χ3v) is 4.35. The highest BCUT2D eigenvalue weighted by atomic mass is 16.5. The second kappa shape index (κ2) is 5.15. The molecule has 4 heteroatoms. The molecule has 1 aliphatic carbocycles. The van der Waals surface area contributed by atoms with Crippen LogP contribution >= 0.6 is 0 Å². The zero-order valence-corrected chi connectivity index (χ0v) is 9.84. The van der Waals surface area contributed by atoms with E-state index in [-0.39, 0.29) is 11.3 Å². The molecular formula is C12H22N2O2. The van der Waals surface area contributed by atoms with Crippen LogP contribution in [0, 0.1) is 11.3 Å². The van der Waals surface area contributed by atoms with Crippen LogP contribution in [0.3, 0.4) is 0 Å². The van der Waals surface area contributed by atoms with E-state index in [0.717, 1.165) is 12.8 Å². The first-order valence-electron chi connectivity index (χ1n) is 6.38. The Morgan fingerprint density at radius 3 is 2.38 bits per heavy atom. The maximum Gasteiger partial charge on any atom is 0.240 e. The summed E-state index contributed by atoms with van der Waals surface area (Å²) in [7, 11) is 0. The minimum atomic E-state index is -0.243. The summed E-state index contributed by atoms with van der Waals surface area (Å²) in [6, 6.07) is 0. The van der Waals surface area contributed by atoms with Crippen molar-refractivity contribution in [3.8, 4) is 0 Å². The molecule has 2 rings (SSSR count). The first kappa shape index (κ1) is 11.9. The number of carbonyl (C=O) groups is 1. The first-order valence-corrected chi connectivity index (χ1v) is 6.38. The average molecular weight is 226 g/mol. The van der Waals surface area contributed by atoms with Gasteiger partial charge in [0.15, 0.2) is 0 Å². The third kappa shape index (κ3) is 2.09. The van der Waals surface area contributed by atoms with Crippen LogP contribution in [0.5, 0.6) is 0 Å². The van der Waals surface area contributed by atoms with Crippen molar-refractivity contribution in [1.82, 2.24) is 5.43 Å². The Bertz CT molecular complexity index is 243. The Balaban J connectivity index is 2.14. The second-order valence-corrected chi connectivity index (χ2v) is 5.08. The Morgan fingerprint density at radius 2 is 1.81 bits per heavy atom. The molecule has 1 heterocycles. The van der Waals surface area contributed by atoms with Crippen molar-refractivity contribution in [3.05, 3.63) is 0 Å². The molecule has 2 aliphatic rings. The lowest BCUT2D eigenvalue weighted by Crippen LogP contribution is -2.51. The fraction of sp³-hybridized carbons (Fsp3) is 0.917. The van der Waals surface area contributed by atoms with Crippen LogP contribution in [0.15, 0.2) is 0 Å². The van der Waals surface area contributed by atoms with Crippen molar-refractivity contribution < 1.29 is 9.53 Å². The van der Waals surface area contributed by atoms with Gasteiger partial charge in [-0.3, -0.25) is 10.2 Å². The number of carbonyl (C=O) groups excluding carboxylic acids is 1. The molecule has 1 saturated carbocycles. The average Bonchev–Trinajstić information content (AvgIpc) is 2.39. The number of nitrogens with one attached hydrogen (secondary N) is 1. The standard InChI is InChI=1S/C12H22N2O2/c13-14-11(15)12(6-8-16-9-7-12)10-4-2-1-3-5-10/h10H,1-9,13H2,(H,14,15). The number of nitrogens with two attached hydrogens (primary N) is 1. The van der Waals surface area contributed by atoms with E-state index in [9.17, 15) is 4.79 Å². The van der Waals surface area contributed by atoms with Crippen LogP contribution in [0.2, 0.25) is 0 Å². The molecule has 0 aromatic rings. The lowest BCUT2D eigenvalue weighted by Gasteiger charge is -2.43. The predicted octanol–water partition coefficient (Wildman–Crippen LogP) is 1.35. The van der Waals surface area contributed by atoms with Crippen molar-refractivity contribution in [2.75, 3.05) is 13.2 Å². The Kier molecular flexibility index (Phi) is 3.82. The summed E-state index contributed by atoms with van der Waals surface area (Å²) in [5, 5.41) is 0. The van der Waals surface area contributed by atoms with Crippen LogP contribution in [-0.4, -0.2) is 19.1 Å². The topological polar surface area (TPSA) is 64.3 Å². The molecule has 1 amide bonds. The van der Waals surface area contributed by atoms with Gasteiger partial charge in [-0.05, 0) is 31.6 Å². The van der Waals surface area contributed by atoms with Gasteiger partial charge in [0, 0.05) is 13.2 Å². The molecule has 0 bridgehead atoms. The largest absolute Gasteiger partial charge is 0.381 e. The lowest BCUT2D eigenvalue weighted by molar-refractivity contribution is -0.143. The smallest absolute Gasteiger partial charge is 0.240 e. The molecule has 0 aromatic heterocycles.